The molecule has 0 aliphatic carbocycles. The van der Waals surface area contributed by atoms with Crippen LogP contribution in [0.5, 0.6) is 0 Å². The molecule has 0 aliphatic rings. The molecule has 0 saturated carbocycles. The number of hydroxylamine groups is 1. The average molecular weight is 289 g/mol. The van der Waals surface area contributed by atoms with Gasteiger partial charge in [0, 0.05) is 6.54 Å². The number of ether oxygens (including phenoxy) is 1. The maximum absolute atomic E-state index is 12.8. The minimum absolute atomic E-state index is 0.241. The summed E-state index contributed by atoms with van der Waals surface area (Å²) in [6.07, 6.45) is -14.3. The van der Waals surface area contributed by atoms with Gasteiger partial charge in [-0.1, -0.05) is 30.3 Å². The summed E-state index contributed by atoms with van der Waals surface area (Å²) in [4.78, 5) is 3.56. The van der Waals surface area contributed by atoms with Gasteiger partial charge in [0.25, 0.3) is 6.36 Å². The fraction of sp³-hybridized carbons (Fsp3) is 0.400. The number of alkyl halides is 6. The molecule has 3 nitrogen and oxygen atoms in total. The van der Waals surface area contributed by atoms with E-state index in [1.807, 2.05) is 0 Å². The van der Waals surface area contributed by atoms with Crippen LogP contribution >= 0.6 is 0 Å². The number of halogens is 6. The van der Waals surface area contributed by atoms with Gasteiger partial charge in [-0.15, -0.1) is 13.2 Å². The molecule has 0 aromatic heterocycles. The topological polar surface area (TPSA) is 30.5 Å². The molecular formula is C10H9F6NO2. The smallest absolute Gasteiger partial charge is 0.248 e. The third-order valence-corrected chi connectivity index (χ3v) is 1.83. The highest BCUT2D eigenvalue weighted by Crippen LogP contribution is 2.29. The van der Waals surface area contributed by atoms with Crippen LogP contribution in [-0.4, -0.2) is 18.8 Å². The van der Waals surface area contributed by atoms with E-state index in [4.69, 9.17) is 0 Å². The van der Waals surface area contributed by atoms with Crippen LogP contribution in [0.2, 0.25) is 0 Å². The van der Waals surface area contributed by atoms with Gasteiger partial charge in [0.05, 0.1) is 0 Å². The van der Waals surface area contributed by atoms with Crippen molar-refractivity contribution in [3.63, 3.8) is 0 Å². The highest BCUT2D eigenvalue weighted by Gasteiger charge is 2.49. The quantitative estimate of drug-likeness (QED) is 0.644. The van der Waals surface area contributed by atoms with E-state index in [-0.39, 0.29) is 6.54 Å². The van der Waals surface area contributed by atoms with Crippen molar-refractivity contribution in [2.24, 2.45) is 0 Å². The van der Waals surface area contributed by atoms with Crippen LogP contribution in [0, 0.1) is 0 Å². The van der Waals surface area contributed by atoms with Crippen LogP contribution in [0.25, 0.3) is 0 Å². The molecule has 19 heavy (non-hydrogen) atoms. The van der Waals surface area contributed by atoms with Crippen LogP contribution in [0.1, 0.15) is 5.56 Å². The van der Waals surface area contributed by atoms with Gasteiger partial charge in [-0.3, -0.25) is 0 Å². The number of hydrogen-bond donors (Lipinski definition) is 1. The Labute approximate surface area is 104 Å². The standard InChI is InChI=1S/C10H9F6NO2/c11-8(18-10(14,15)16)9(12,13)19-17-6-7-4-2-1-3-5-7/h1-5,8,17H,6H2. The lowest BCUT2D eigenvalue weighted by Gasteiger charge is -2.21. The molecule has 1 aromatic rings. The summed E-state index contributed by atoms with van der Waals surface area (Å²) in [5, 5.41) is 0. The molecular weight excluding hydrogens is 280 g/mol. The lowest BCUT2D eigenvalue weighted by molar-refractivity contribution is -0.431. The first-order valence-corrected chi connectivity index (χ1v) is 4.92. The summed E-state index contributed by atoms with van der Waals surface area (Å²) >= 11 is 0. The Hall–Kier alpha value is -1.32. The number of rotatable bonds is 6. The molecule has 9 heteroatoms. The molecule has 0 amide bonds. The van der Waals surface area contributed by atoms with Crippen LogP contribution < -0.4 is 5.48 Å². The first-order chi connectivity index (χ1) is 8.71. The van der Waals surface area contributed by atoms with E-state index in [1.165, 1.54) is 0 Å². The second kappa shape index (κ2) is 6.22. The Morgan fingerprint density at radius 3 is 2.16 bits per heavy atom. The van der Waals surface area contributed by atoms with Gasteiger partial charge >= 0.3 is 12.5 Å². The molecule has 1 aromatic carbocycles. The normalized spacial score (nSPS) is 14.4. The summed E-state index contributed by atoms with van der Waals surface area (Å²) in [5.41, 5.74) is 2.19. The predicted molar refractivity (Wildman–Crippen MR) is 51.3 cm³/mol. The van der Waals surface area contributed by atoms with E-state index in [1.54, 1.807) is 35.8 Å². The van der Waals surface area contributed by atoms with Crippen molar-refractivity contribution in [3.8, 4) is 0 Å². The molecule has 1 atom stereocenters. The lowest BCUT2D eigenvalue weighted by Crippen LogP contribution is -2.42. The predicted octanol–water partition coefficient (Wildman–Crippen LogP) is 3.13. The number of benzene rings is 1. The fourth-order valence-electron chi connectivity index (χ4n) is 1.04. The molecule has 0 bridgehead atoms. The molecule has 0 heterocycles. The Kier molecular flexibility index (Phi) is 5.15. The van der Waals surface area contributed by atoms with Crippen molar-refractivity contribution in [2.75, 3.05) is 0 Å². The molecule has 0 saturated heterocycles. The summed E-state index contributed by atoms with van der Waals surface area (Å²) in [6.45, 7) is -0.241. The molecule has 1 N–H and O–H groups in total. The molecule has 0 radical (unpaired) electrons. The van der Waals surface area contributed by atoms with Crippen molar-refractivity contribution >= 4 is 0 Å². The van der Waals surface area contributed by atoms with Crippen molar-refractivity contribution in [3.05, 3.63) is 35.9 Å². The van der Waals surface area contributed by atoms with Gasteiger partial charge in [0.15, 0.2) is 0 Å². The second-order valence-electron chi connectivity index (χ2n) is 3.35. The van der Waals surface area contributed by atoms with Gasteiger partial charge in [0.1, 0.15) is 0 Å². The van der Waals surface area contributed by atoms with Gasteiger partial charge in [-0.25, -0.2) is 14.0 Å². The first kappa shape index (κ1) is 15.7. The van der Waals surface area contributed by atoms with Crippen molar-refractivity contribution in [2.45, 2.75) is 25.4 Å². The molecule has 1 unspecified atom stereocenters. The van der Waals surface area contributed by atoms with Crippen LogP contribution in [-0.2, 0) is 16.1 Å². The van der Waals surface area contributed by atoms with Gasteiger partial charge in [-0.2, -0.15) is 14.3 Å². The zero-order chi connectivity index (χ0) is 14.5. The summed E-state index contributed by atoms with van der Waals surface area (Å²) in [7, 11) is 0. The van der Waals surface area contributed by atoms with Crippen LogP contribution in [0.15, 0.2) is 30.3 Å². The van der Waals surface area contributed by atoms with Gasteiger partial charge < -0.3 is 0 Å². The SMILES string of the molecule is FC(OC(F)(F)F)C(F)(F)ONCc1ccccc1. The van der Waals surface area contributed by atoms with Gasteiger partial charge in [0.2, 0.25) is 0 Å². The summed E-state index contributed by atoms with van der Waals surface area (Å²) in [6, 6.07) is 7.99. The van der Waals surface area contributed by atoms with Crippen LogP contribution in [0.3, 0.4) is 0 Å². The lowest BCUT2D eigenvalue weighted by atomic mass is 10.2. The van der Waals surface area contributed by atoms with E-state index < -0.39 is 18.8 Å². The van der Waals surface area contributed by atoms with E-state index in [0.717, 1.165) is 0 Å². The van der Waals surface area contributed by atoms with Gasteiger partial charge in [-0.05, 0) is 5.56 Å². The third kappa shape index (κ3) is 5.90. The summed E-state index contributed by atoms with van der Waals surface area (Å²) in [5.74, 6) is 0. The molecule has 0 aliphatic heterocycles. The van der Waals surface area contributed by atoms with Crippen molar-refractivity contribution in [1.82, 2.24) is 5.48 Å². The average Bonchev–Trinajstić information content (AvgIpc) is 2.28. The fourth-order valence-corrected chi connectivity index (χ4v) is 1.04. The Morgan fingerprint density at radius 1 is 1.05 bits per heavy atom. The van der Waals surface area contributed by atoms with Crippen molar-refractivity contribution in [1.29, 1.82) is 0 Å². The Bertz CT molecular complexity index is 383. The zero-order valence-electron chi connectivity index (χ0n) is 9.26. The van der Waals surface area contributed by atoms with E-state index in [0.29, 0.717) is 5.56 Å². The minimum Gasteiger partial charge on any atom is -0.248 e. The number of nitrogens with one attached hydrogen (secondary N) is 1. The monoisotopic (exact) mass is 289 g/mol. The molecule has 0 fully saturated rings. The molecule has 0 spiro atoms. The largest absolute Gasteiger partial charge is 0.525 e. The maximum atomic E-state index is 12.8. The van der Waals surface area contributed by atoms with E-state index >= 15 is 0 Å². The Morgan fingerprint density at radius 2 is 1.63 bits per heavy atom. The first-order valence-electron chi connectivity index (χ1n) is 4.92. The molecule has 108 valence electrons. The third-order valence-electron chi connectivity index (χ3n) is 1.83. The molecule has 1 rings (SSSR count). The van der Waals surface area contributed by atoms with E-state index in [2.05, 4.69) is 9.57 Å². The highest BCUT2D eigenvalue weighted by atomic mass is 19.4. The van der Waals surface area contributed by atoms with E-state index in [9.17, 15) is 26.3 Å². The minimum atomic E-state index is -5.52. The summed E-state index contributed by atoms with van der Waals surface area (Å²) < 4.78 is 75.3. The zero-order valence-corrected chi connectivity index (χ0v) is 9.26. The van der Waals surface area contributed by atoms with Crippen molar-refractivity contribution < 1.29 is 35.9 Å². The highest BCUT2D eigenvalue weighted by molar-refractivity contribution is 5.13. The maximum Gasteiger partial charge on any atom is 0.525 e. The Balaban J connectivity index is 2.42. The van der Waals surface area contributed by atoms with Crippen LogP contribution in [0.4, 0.5) is 26.3 Å². The number of hydrogen-bond acceptors (Lipinski definition) is 3. The second-order valence-corrected chi connectivity index (χ2v) is 3.35.